The molecule has 0 radical (unpaired) electrons. The lowest BCUT2D eigenvalue weighted by molar-refractivity contribution is 0.670. The maximum absolute atomic E-state index is 4.41. The lowest BCUT2D eigenvalue weighted by Crippen LogP contribution is -2.22. The molecule has 1 N–H and O–H groups in total. The van der Waals surface area contributed by atoms with Crippen molar-refractivity contribution >= 4 is 5.69 Å². The summed E-state index contributed by atoms with van der Waals surface area (Å²) in [4.78, 5) is 6.76. The van der Waals surface area contributed by atoms with E-state index in [9.17, 15) is 0 Å². The van der Waals surface area contributed by atoms with Crippen LogP contribution in [0.15, 0.2) is 12.3 Å². The lowest BCUT2D eigenvalue weighted by Gasteiger charge is -2.22. The van der Waals surface area contributed by atoms with Gasteiger partial charge in [-0.2, -0.15) is 0 Å². The van der Waals surface area contributed by atoms with Crippen molar-refractivity contribution in [3.8, 4) is 0 Å². The minimum absolute atomic E-state index is 0.910. The van der Waals surface area contributed by atoms with Crippen LogP contribution < -0.4 is 10.2 Å². The van der Waals surface area contributed by atoms with Gasteiger partial charge in [-0.1, -0.05) is 20.3 Å². The number of unbranched alkanes of at least 4 members (excludes halogenated alkanes) is 1. The zero-order valence-corrected chi connectivity index (χ0v) is 12.3. The van der Waals surface area contributed by atoms with Gasteiger partial charge in [-0.05, 0) is 32.4 Å². The van der Waals surface area contributed by atoms with Crippen molar-refractivity contribution in [1.29, 1.82) is 0 Å². The molecule has 0 atom stereocenters. The third-order valence-electron chi connectivity index (χ3n) is 3.10. The van der Waals surface area contributed by atoms with Gasteiger partial charge in [0, 0.05) is 43.3 Å². The molecule has 3 nitrogen and oxygen atoms in total. The summed E-state index contributed by atoms with van der Waals surface area (Å²) in [6.07, 6.45) is 5.65. The van der Waals surface area contributed by atoms with Crippen LogP contribution in [0.2, 0.25) is 0 Å². The Hall–Kier alpha value is -1.09. The highest BCUT2D eigenvalue weighted by molar-refractivity contribution is 5.53. The Morgan fingerprint density at radius 2 is 2.06 bits per heavy atom. The summed E-state index contributed by atoms with van der Waals surface area (Å²) in [5.74, 6) is 0. The Morgan fingerprint density at radius 1 is 1.28 bits per heavy atom. The van der Waals surface area contributed by atoms with Gasteiger partial charge in [0.2, 0.25) is 0 Å². The van der Waals surface area contributed by atoms with Crippen molar-refractivity contribution in [1.82, 2.24) is 10.3 Å². The first kappa shape index (κ1) is 15.0. The molecule has 0 amide bonds. The minimum atomic E-state index is 0.910. The summed E-state index contributed by atoms with van der Waals surface area (Å²) in [5, 5.41) is 3.46. The predicted octanol–water partition coefficient (Wildman–Crippen LogP) is 3.13. The second-order valence-corrected chi connectivity index (χ2v) is 4.91. The highest BCUT2D eigenvalue weighted by atomic mass is 15.1. The first-order chi connectivity index (χ1) is 8.69. The Labute approximate surface area is 112 Å². The Bertz CT molecular complexity index is 350. The van der Waals surface area contributed by atoms with Gasteiger partial charge in [-0.25, -0.2) is 0 Å². The van der Waals surface area contributed by atoms with Crippen LogP contribution in [-0.2, 0) is 6.54 Å². The summed E-state index contributed by atoms with van der Waals surface area (Å²) in [7, 11) is 2.17. The molecule has 3 heteroatoms. The monoisotopic (exact) mass is 249 g/mol. The van der Waals surface area contributed by atoms with E-state index < -0.39 is 0 Å². The van der Waals surface area contributed by atoms with Crippen LogP contribution in [-0.4, -0.2) is 25.1 Å². The molecular weight excluding hydrogens is 222 g/mol. The molecule has 102 valence electrons. The summed E-state index contributed by atoms with van der Waals surface area (Å²) >= 11 is 0. The van der Waals surface area contributed by atoms with Gasteiger partial charge in [0.1, 0.15) is 0 Å². The van der Waals surface area contributed by atoms with Crippen LogP contribution in [0.1, 0.15) is 44.4 Å². The van der Waals surface area contributed by atoms with Crippen molar-refractivity contribution in [2.24, 2.45) is 0 Å². The predicted molar refractivity (Wildman–Crippen MR) is 79.1 cm³/mol. The van der Waals surface area contributed by atoms with E-state index in [1.165, 1.54) is 30.5 Å². The molecule has 0 aliphatic rings. The van der Waals surface area contributed by atoms with Gasteiger partial charge < -0.3 is 10.2 Å². The number of anilines is 1. The van der Waals surface area contributed by atoms with Crippen LogP contribution in [0.5, 0.6) is 0 Å². The second kappa shape index (κ2) is 8.09. The molecule has 0 unspecified atom stereocenters. The SMILES string of the molecule is CCCCN(C)c1cc(C)ncc1CNCCC. The topological polar surface area (TPSA) is 28.2 Å². The van der Waals surface area contributed by atoms with E-state index in [1.54, 1.807) is 0 Å². The maximum Gasteiger partial charge on any atom is 0.0442 e. The number of nitrogens with zero attached hydrogens (tertiary/aromatic N) is 2. The van der Waals surface area contributed by atoms with Gasteiger partial charge in [0.05, 0.1) is 0 Å². The van der Waals surface area contributed by atoms with E-state index >= 15 is 0 Å². The van der Waals surface area contributed by atoms with Crippen molar-refractivity contribution in [3.63, 3.8) is 0 Å². The fourth-order valence-corrected chi connectivity index (χ4v) is 1.98. The van der Waals surface area contributed by atoms with Crippen LogP contribution in [0.25, 0.3) is 0 Å². The lowest BCUT2D eigenvalue weighted by atomic mass is 10.1. The number of nitrogens with one attached hydrogen (secondary N) is 1. The van der Waals surface area contributed by atoms with E-state index in [-0.39, 0.29) is 0 Å². The smallest absolute Gasteiger partial charge is 0.0442 e. The number of hydrogen-bond donors (Lipinski definition) is 1. The van der Waals surface area contributed by atoms with Crippen molar-refractivity contribution in [3.05, 3.63) is 23.5 Å². The first-order valence-corrected chi connectivity index (χ1v) is 7.06. The maximum atomic E-state index is 4.41. The van der Waals surface area contributed by atoms with Crippen LogP contribution in [0.4, 0.5) is 5.69 Å². The Kier molecular flexibility index (Phi) is 6.73. The van der Waals surface area contributed by atoms with Crippen LogP contribution >= 0.6 is 0 Å². The van der Waals surface area contributed by atoms with E-state index in [4.69, 9.17) is 0 Å². The highest BCUT2D eigenvalue weighted by Gasteiger charge is 2.08. The molecule has 1 rings (SSSR count). The first-order valence-electron chi connectivity index (χ1n) is 7.06. The normalized spacial score (nSPS) is 10.7. The minimum Gasteiger partial charge on any atom is -0.374 e. The third kappa shape index (κ3) is 4.65. The number of hydrogen-bond acceptors (Lipinski definition) is 3. The van der Waals surface area contributed by atoms with Crippen molar-refractivity contribution in [2.45, 2.75) is 46.6 Å². The number of aryl methyl sites for hydroxylation is 1. The van der Waals surface area contributed by atoms with Crippen molar-refractivity contribution < 1.29 is 0 Å². The zero-order chi connectivity index (χ0) is 13.4. The molecule has 0 spiro atoms. The fourth-order valence-electron chi connectivity index (χ4n) is 1.98. The number of rotatable bonds is 8. The molecule has 0 aliphatic carbocycles. The molecular formula is C15H27N3. The third-order valence-corrected chi connectivity index (χ3v) is 3.10. The fraction of sp³-hybridized carbons (Fsp3) is 0.667. The summed E-state index contributed by atoms with van der Waals surface area (Å²) in [6, 6.07) is 2.19. The molecule has 1 aromatic heterocycles. The zero-order valence-electron chi connectivity index (χ0n) is 12.3. The van der Waals surface area contributed by atoms with Crippen LogP contribution in [0, 0.1) is 6.92 Å². The molecule has 0 bridgehead atoms. The molecule has 0 saturated heterocycles. The van der Waals surface area contributed by atoms with Crippen LogP contribution in [0.3, 0.4) is 0 Å². The number of aromatic nitrogens is 1. The largest absolute Gasteiger partial charge is 0.374 e. The van der Waals surface area contributed by atoms with E-state index in [1.807, 2.05) is 6.20 Å². The Morgan fingerprint density at radius 3 is 2.72 bits per heavy atom. The average Bonchev–Trinajstić information content (AvgIpc) is 2.38. The van der Waals surface area contributed by atoms with E-state index in [2.05, 4.69) is 49.1 Å². The number of pyridine rings is 1. The molecule has 1 heterocycles. The highest BCUT2D eigenvalue weighted by Crippen LogP contribution is 2.20. The molecule has 1 aromatic rings. The van der Waals surface area contributed by atoms with Gasteiger partial charge in [-0.15, -0.1) is 0 Å². The summed E-state index contributed by atoms with van der Waals surface area (Å²) in [5.41, 5.74) is 3.71. The van der Waals surface area contributed by atoms with Gasteiger partial charge in [0.15, 0.2) is 0 Å². The average molecular weight is 249 g/mol. The summed E-state index contributed by atoms with van der Waals surface area (Å²) in [6.45, 7) is 9.56. The van der Waals surface area contributed by atoms with E-state index in [0.29, 0.717) is 0 Å². The van der Waals surface area contributed by atoms with Gasteiger partial charge >= 0.3 is 0 Å². The van der Waals surface area contributed by atoms with E-state index in [0.717, 1.165) is 25.3 Å². The second-order valence-electron chi connectivity index (χ2n) is 4.91. The molecule has 0 saturated carbocycles. The van der Waals surface area contributed by atoms with Crippen molar-refractivity contribution in [2.75, 3.05) is 25.0 Å². The molecule has 0 fully saturated rings. The molecule has 18 heavy (non-hydrogen) atoms. The molecule has 0 aromatic carbocycles. The summed E-state index contributed by atoms with van der Waals surface area (Å²) < 4.78 is 0. The Balaban J connectivity index is 2.75. The van der Waals surface area contributed by atoms with Gasteiger partial charge in [-0.3, -0.25) is 4.98 Å². The van der Waals surface area contributed by atoms with Gasteiger partial charge in [0.25, 0.3) is 0 Å². The standard InChI is InChI=1S/C15H27N3/c1-5-7-9-18(4)15-10-13(3)17-12-14(15)11-16-8-6-2/h10,12,16H,5-9,11H2,1-4H3. The quantitative estimate of drug-likeness (QED) is 0.717. The molecule has 0 aliphatic heterocycles.